The Morgan fingerprint density at radius 3 is 2.67 bits per heavy atom. The van der Waals surface area contributed by atoms with Gasteiger partial charge in [-0.2, -0.15) is 0 Å². The quantitative estimate of drug-likeness (QED) is 0.815. The molecule has 0 saturated heterocycles. The van der Waals surface area contributed by atoms with Crippen LogP contribution in [0.3, 0.4) is 0 Å². The van der Waals surface area contributed by atoms with E-state index in [1.807, 2.05) is 0 Å². The summed E-state index contributed by atoms with van der Waals surface area (Å²) in [5, 5.41) is 3.33. The Kier molecular flexibility index (Phi) is 4.98. The molecule has 0 amide bonds. The van der Waals surface area contributed by atoms with Gasteiger partial charge in [0.05, 0.1) is 17.3 Å². The van der Waals surface area contributed by atoms with Crippen molar-refractivity contribution in [2.75, 3.05) is 11.8 Å². The topological polar surface area (TPSA) is 71.3 Å². The third kappa shape index (κ3) is 3.79. The summed E-state index contributed by atoms with van der Waals surface area (Å²) in [6.07, 6.45) is 0. The number of aryl methyl sites for hydroxylation is 1. The Balaban J connectivity index is 2.31. The lowest BCUT2D eigenvalue weighted by atomic mass is 10.3. The van der Waals surface area contributed by atoms with E-state index in [0.717, 1.165) is 0 Å². The molecule has 0 fully saturated rings. The normalized spacial score (nSPS) is 11.6. The number of rotatable bonds is 5. The summed E-state index contributed by atoms with van der Waals surface area (Å²) >= 11 is 9.21. The molecular formula is C13H14BrClN2O3S. The summed E-state index contributed by atoms with van der Waals surface area (Å²) in [6, 6.07) is 6.34. The molecule has 0 aliphatic heterocycles. The molecule has 0 aliphatic carbocycles. The number of nitrogens with one attached hydrogen (secondary N) is 2. The van der Waals surface area contributed by atoms with E-state index in [9.17, 15) is 8.42 Å². The first kappa shape index (κ1) is 16.4. The molecule has 1 heterocycles. The largest absolute Gasteiger partial charge is 0.464 e. The van der Waals surface area contributed by atoms with Gasteiger partial charge in [-0.1, -0.05) is 11.6 Å². The van der Waals surface area contributed by atoms with Crippen LogP contribution < -0.4 is 10.0 Å². The third-order valence-electron chi connectivity index (χ3n) is 2.74. The van der Waals surface area contributed by atoms with Crippen LogP contribution in [0.5, 0.6) is 0 Å². The minimum atomic E-state index is -3.72. The van der Waals surface area contributed by atoms with Crippen LogP contribution in [0.15, 0.2) is 38.1 Å². The average Bonchev–Trinajstić information content (AvgIpc) is 2.76. The predicted octanol–water partition coefficient (Wildman–Crippen LogP) is 3.52. The molecule has 0 unspecified atom stereocenters. The number of furan rings is 1. The number of halogens is 2. The average molecular weight is 394 g/mol. The molecule has 5 nitrogen and oxygen atoms in total. The fourth-order valence-corrected chi connectivity index (χ4v) is 3.50. The maximum Gasteiger partial charge on any atom is 0.265 e. The molecule has 114 valence electrons. The molecule has 0 spiro atoms. The fraction of sp³-hybridized carbons (Fsp3) is 0.231. The number of hydrogen-bond donors (Lipinski definition) is 2. The van der Waals surface area contributed by atoms with Gasteiger partial charge in [0.1, 0.15) is 16.4 Å². The molecule has 0 saturated carbocycles. The molecular weight excluding hydrogens is 380 g/mol. The number of anilines is 1. The molecule has 8 heteroatoms. The minimum Gasteiger partial charge on any atom is -0.464 e. The van der Waals surface area contributed by atoms with Crippen LogP contribution in [0, 0.1) is 6.92 Å². The predicted molar refractivity (Wildman–Crippen MR) is 86.2 cm³/mol. The van der Waals surface area contributed by atoms with E-state index in [1.165, 1.54) is 12.1 Å². The SMILES string of the molecule is CNCc1cc(S(=O)(=O)Nc2ccc(Br)c(Cl)c2)c(C)o1. The smallest absolute Gasteiger partial charge is 0.265 e. The molecule has 0 bridgehead atoms. The summed E-state index contributed by atoms with van der Waals surface area (Å²) in [7, 11) is -1.96. The summed E-state index contributed by atoms with van der Waals surface area (Å²) < 4.78 is 33.4. The summed E-state index contributed by atoms with van der Waals surface area (Å²) in [6.45, 7) is 2.07. The summed E-state index contributed by atoms with van der Waals surface area (Å²) in [4.78, 5) is 0.117. The van der Waals surface area contributed by atoms with Crippen molar-refractivity contribution in [2.24, 2.45) is 0 Å². The molecule has 1 aromatic carbocycles. The van der Waals surface area contributed by atoms with Gasteiger partial charge in [-0.15, -0.1) is 0 Å². The Bertz CT molecular complexity index is 759. The van der Waals surface area contributed by atoms with Crippen molar-refractivity contribution in [3.63, 3.8) is 0 Å². The van der Waals surface area contributed by atoms with Gasteiger partial charge in [0, 0.05) is 10.5 Å². The lowest BCUT2D eigenvalue weighted by Crippen LogP contribution is -2.13. The fourth-order valence-electron chi connectivity index (χ4n) is 1.82. The maximum atomic E-state index is 12.4. The van der Waals surface area contributed by atoms with Crippen LogP contribution in [0.25, 0.3) is 0 Å². The van der Waals surface area contributed by atoms with E-state index in [2.05, 4.69) is 26.0 Å². The first-order valence-electron chi connectivity index (χ1n) is 6.05. The van der Waals surface area contributed by atoms with Crippen molar-refractivity contribution in [3.05, 3.63) is 45.3 Å². The Morgan fingerprint density at radius 2 is 2.05 bits per heavy atom. The van der Waals surface area contributed by atoms with Crippen molar-refractivity contribution in [1.29, 1.82) is 0 Å². The van der Waals surface area contributed by atoms with Gasteiger partial charge in [0.2, 0.25) is 0 Å². The number of hydrogen-bond acceptors (Lipinski definition) is 4. The second-order valence-corrected chi connectivity index (χ2v) is 7.31. The lowest BCUT2D eigenvalue weighted by Gasteiger charge is -2.07. The van der Waals surface area contributed by atoms with Crippen LogP contribution in [0.4, 0.5) is 5.69 Å². The van der Waals surface area contributed by atoms with E-state index >= 15 is 0 Å². The highest BCUT2D eigenvalue weighted by Gasteiger charge is 2.21. The highest BCUT2D eigenvalue weighted by molar-refractivity contribution is 9.10. The van der Waals surface area contributed by atoms with Crippen molar-refractivity contribution < 1.29 is 12.8 Å². The number of sulfonamides is 1. The van der Waals surface area contributed by atoms with E-state index in [0.29, 0.717) is 33.2 Å². The molecule has 0 radical (unpaired) electrons. The standard InChI is InChI=1S/C13H14BrClN2O3S/c1-8-13(6-10(20-8)7-16-2)21(18,19)17-9-3-4-11(14)12(15)5-9/h3-6,16-17H,7H2,1-2H3. The van der Waals surface area contributed by atoms with Crippen LogP contribution in [0.1, 0.15) is 11.5 Å². The van der Waals surface area contributed by atoms with Gasteiger partial charge in [-0.3, -0.25) is 4.72 Å². The zero-order valence-corrected chi connectivity index (χ0v) is 14.6. The molecule has 21 heavy (non-hydrogen) atoms. The highest BCUT2D eigenvalue weighted by Crippen LogP contribution is 2.28. The van der Waals surface area contributed by atoms with Crippen LogP contribution in [-0.2, 0) is 16.6 Å². The van der Waals surface area contributed by atoms with Gasteiger partial charge in [-0.05, 0) is 48.1 Å². The highest BCUT2D eigenvalue weighted by atomic mass is 79.9. The summed E-state index contributed by atoms with van der Waals surface area (Å²) in [5.74, 6) is 0.903. The van der Waals surface area contributed by atoms with Crippen molar-refractivity contribution >= 4 is 43.2 Å². The van der Waals surface area contributed by atoms with Gasteiger partial charge < -0.3 is 9.73 Å². The van der Waals surface area contributed by atoms with E-state index in [4.69, 9.17) is 16.0 Å². The molecule has 0 atom stereocenters. The zero-order valence-electron chi connectivity index (χ0n) is 11.4. The molecule has 1 aromatic heterocycles. The Morgan fingerprint density at radius 1 is 1.33 bits per heavy atom. The first-order chi connectivity index (χ1) is 9.83. The lowest BCUT2D eigenvalue weighted by molar-refractivity contribution is 0.466. The molecule has 0 aliphatic rings. The van der Waals surface area contributed by atoms with E-state index in [-0.39, 0.29) is 4.90 Å². The van der Waals surface area contributed by atoms with Crippen molar-refractivity contribution in [2.45, 2.75) is 18.4 Å². The molecule has 2 aromatic rings. The maximum absolute atomic E-state index is 12.4. The first-order valence-corrected chi connectivity index (χ1v) is 8.70. The third-order valence-corrected chi connectivity index (χ3v) is 5.46. The van der Waals surface area contributed by atoms with Crippen LogP contribution >= 0.6 is 27.5 Å². The van der Waals surface area contributed by atoms with E-state index in [1.54, 1.807) is 26.1 Å². The van der Waals surface area contributed by atoms with Gasteiger partial charge >= 0.3 is 0 Å². The van der Waals surface area contributed by atoms with E-state index < -0.39 is 10.0 Å². The van der Waals surface area contributed by atoms with Crippen molar-refractivity contribution in [3.8, 4) is 0 Å². The van der Waals surface area contributed by atoms with Crippen LogP contribution in [0.2, 0.25) is 5.02 Å². The second kappa shape index (κ2) is 6.39. The Hall–Kier alpha value is -1.02. The zero-order chi connectivity index (χ0) is 15.6. The van der Waals surface area contributed by atoms with Gasteiger partial charge in [-0.25, -0.2) is 8.42 Å². The Labute approximate surface area is 136 Å². The second-order valence-electron chi connectivity index (χ2n) is 4.40. The summed E-state index contributed by atoms with van der Waals surface area (Å²) in [5.41, 5.74) is 0.388. The monoisotopic (exact) mass is 392 g/mol. The van der Waals surface area contributed by atoms with Crippen LogP contribution in [-0.4, -0.2) is 15.5 Å². The van der Waals surface area contributed by atoms with Gasteiger partial charge in [0.25, 0.3) is 10.0 Å². The number of benzene rings is 1. The minimum absolute atomic E-state index is 0.117. The van der Waals surface area contributed by atoms with Crippen molar-refractivity contribution in [1.82, 2.24) is 5.32 Å². The molecule has 2 rings (SSSR count). The van der Waals surface area contributed by atoms with Gasteiger partial charge in [0.15, 0.2) is 0 Å². The molecule has 2 N–H and O–H groups in total.